The van der Waals surface area contributed by atoms with Crippen molar-refractivity contribution in [1.29, 1.82) is 0 Å². The van der Waals surface area contributed by atoms with Gasteiger partial charge in [-0.1, -0.05) is 19.1 Å². The quantitative estimate of drug-likeness (QED) is 0.505. The van der Waals surface area contributed by atoms with E-state index in [-0.39, 0.29) is 11.5 Å². The van der Waals surface area contributed by atoms with Gasteiger partial charge in [-0.25, -0.2) is 0 Å². The monoisotopic (exact) mass is 409 g/mol. The van der Waals surface area contributed by atoms with Crippen molar-refractivity contribution in [2.45, 2.75) is 46.1 Å². The minimum absolute atomic E-state index is 0.0192. The summed E-state index contributed by atoms with van der Waals surface area (Å²) in [5, 5.41) is 13.4. The molecule has 8 heteroatoms. The second-order valence-electron chi connectivity index (χ2n) is 6.89. The van der Waals surface area contributed by atoms with Crippen molar-refractivity contribution in [2.24, 2.45) is 0 Å². The number of nitrogens with one attached hydrogen (secondary N) is 1. The molecule has 0 aliphatic carbocycles. The number of thiophene rings is 1. The minimum Gasteiger partial charge on any atom is -0.326 e. The summed E-state index contributed by atoms with van der Waals surface area (Å²) < 4.78 is 4.29. The van der Waals surface area contributed by atoms with E-state index in [1.807, 2.05) is 47.0 Å². The number of nitrogens with zero attached hydrogens (tertiary/aromatic N) is 4. The smallest absolute Gasteiger partial charge is 0.272 e. The van der Waals surface area contributed by atoms with Gasteiger partial charge in [0.05, 0.1) is 5.52 Å². The number of carbonyl (C=O) groups excluding carboxylic acids is 1. The number of aromatic nitrogens is 4. The predicted octanol–water partition coefficient (Wildman–Crippen LogP) is 3.65. The SMILES string of the molecule is CCc1ccc(NC(=O)CCCc2nnc3n(CC)c(=O)c4sccc4n23)cc1. The summed E-state index contributed by atoms with van der Waals surface area (Å²) in [6.07, 6.45) is 2.63. The highest BCUT2D eigenvalue weighted by atomic mass is 32.1. The fourth-order valence-corrected chi connectivity index (χ4v) is 4.31. The number of hydrogen-bond donors (Lipinski definition) is 1. The van der Waals surface area contributed by atoms with Crippen molar-refractivity contribution in [1.82, 2.24) is 19.2 Å². The van der Waals surface area contributed by atoms with Gasteiger partial charge >= 0.3 is 0 Å². The van der Waals surface area contributed by atoms with E-state index < -0.39 is 0 Å². The van der Waals surface area contributed by atoms with Crippen LogP contribution in [0.1, 0.15) is 38.1 Å². The maximum atomic E-state index is 12.6. The Labute approximate surface area is 172 Å². The molecular weight excluding hydrogens is 386 g/mol. The lowest BCUT2D eigenvalue weighted by molar-refractivity contribution is -0.116. The van der Waals surface area contributed by atoms with E-state index >= 15 is 0 Å². The first-order valence-corrected chi connectivity index (χ1v) is 10.7. The topological polar surface area (TPSA) is 81.3 Å². The fraction of sp³-hybridized carbons (Fsp3) is 0.333. The zero-order valence-electron chi connectivity index (χ0n) is 16.5. The summed E-state index contributed by atoms with van der Waals surface area (Å²) in [5.74, 6) is 1.30. The summed E-state index contributed by atoms with van der Waals surface area (Å²) in [7, 11) is 0. The van der Waals surface area contributed by atoms with Crippen molar-refractivity contribution in [2.75, 3.05) is 5.32 Å². The third-order valence-corrected chi connectivity index (χ3v) is 5.94. The van der Waals surface area contributed by atoms with Crippen LogP contribution in [0, 0.1) is 0 Å². The second-order valence-corrected chi connectivity index (χ2v) is 7.80. The van der Waals surface area contributed by atoms with Crippen LogP contribution in [-0.4, -0.2) is 25.1 Å². The lowest BCUT2D eigenvalue weighted by Crippen LogP contribution is -2.21. The molecule has 0 fully saturated rings. The van der Waals surface area contributed by atoms with Crippen molar-refractivity contribution in [3.05, 3.63) is 57.5 Å². The molecule has 0 aliphatic heterocycles. The molecule has 1 N–H and O–H groups in total. The normalized spacial score (nSPS) is 11.4. The molecule has 4 aromatic rings. The van der Waals surface area contributed by atoms with Crippen molar-refractivity contribution >= 4 is 38.9 Å². The molecule has 0 bridgehead atoms. The first kappa shape index (κ1) is 19.3. The lowest BCUT2D eigenvalue weighted by Gasteiger charge is -2.08. The van der Waals surface area contributed by atoms with Crippen LogP contribution in [-0.2, 0) is 24.2 Å². The molecule has 3 heterocycles. The summed E-state index contributed by atoms with van der Waals surface area (Å²) in [5.41, 5.74) is 2.86. The average molecular weight is 410 g/mol. The molecule has 0 unspecified atom stereocenters. The molecule has 4 rings (SSSR count). The lowest BCUT2D eigenvalue weighted by atomic mass is 10.1. The molecule has 150 valence electrons. The summed E-state index contributed by atoms with van der Waals surface area (Å²) in [6, 6.07) is 9.84. The molecule has 1 aromatic carbocycles. The van der Waals surface area contributed by atoms with Gasteiger partial charge in [0.2, 0.25) is 11.7 Å². The van der Waals surface area contributed by atoms with Gasteiger partial charge in [-0.15, -0.1) is 21.5 Å². The first-order chi connectivity index (χ1) is 14.1. The van der Waals surface area contributed by atoms with E-state index in [2.05, 4.69) is 22.4 Å². The summed E-state index contributed by atoms with van der Waals surface area (Å²) >= 11 is 1.43. The van der Waals surface area contributed by atoms with Crippen LogP contribution in [0.3, 0.4) is 0 Å². The Morgan fingerprint density at radius 1 is 1.14 bits per heavy atom. The van der Waals surface area contributed by atoms with Crippen LogP contribution in [0.4, 0.5) is 5.69 Å². The zero-order chi connectivity index (χ0) is 20.4. The highest BCUT2D eigenvalue weighted by Gasteiger charge is 2.16. The number of amides is 1. The number of anilines is 1. The number of fused-ring (bicyclic) bond motifs is 3. The van der Waals surface area contributed by atoms with E-state index in [0.717, 1.165) is 23.4 Å². The highest BCUT2D eigenvalue weighted by Crippen LogP contribution is 2.20. The Kier molecular flexibility index (Phi) is 5.44. The van der Waals surface area contributed by atoms with Crippen LogP contribution in [0.5, 0.6) is 0 Å². The third kappa shape index (κ3) is 3.67. The predicted molar refractivity (Wildman–Crippen MR) is 116 cm³/mol. The largest absolute Gasteiger partial charge is 0.326 e. The molecule has 0 atom stereocenters. The van der Waals surface area contributed by atoms with Gasteiger partial charge in [0.25, 0.3) is 5.56 Å². The minimum atomic E-state index is -0.0302. The van der Waals surface area contributed by atoms with Gasteiger partial charge in [-0.3, -0.25) is 18.6 Å². The molecule has 0 radical (unpaired) electrons. The molecule has 7 nitrogen and oxygen atoms in total. The van der Waals surface area contributed by atoms with Crippen molar-refractivity contribution in [3.63, 3.8) is 0 Å². The summed E-state index contributed by atoms with van der Waals surface area (Å²) in [6.45, 7) is 4.56. The van der Waals surface area contributed by atoms with Gasteiger partial charge in [0, 0.05) is 25.1 Å². The van der Waals surface area contributed by atoms with Crippen LogP contribution in [0.2, 0.25) is 0 Å². The molecule has 0 spiro atoms. The zero-order valence-corrected chi connectivity index (χ0v) is 17.3. The second kappa shape index (κ2) is 8.16. The first-order valence-electron chi connectivity index (χ1n) is 9.85. The molecule has 3 aromatic heterocycles. The molecule has 0 aliphatic rings. The van der Waals surface area contributed by atoms with E-state index in [1.165, 1.54) is 16.9 Å². The number of hydrogen-bond acceptors (Lipinski definition) is 5. The Morgan fingerprint density at radius 3 is 2.66 bits per heavy atom. The van der Waals surface area contributed by atoms with Crippen LogP contribution < -0.4 is 10.9 Å². The van der Waals surface area contributed by atoms with Crippen LogP contribution >= 0.6 is 11.3 Å². The Balaban J connectivity index is 1.48. The third-order valence-electron chi connectivity index (χ3n) is 5.05. The van der Waals surface area contributed by atoms with Crippen molar-refractivity contribution < 1.29 is 4.79 Å². The number of benzene rings is 1. The van der Waals surface area contributed by atoms with E-state index in [9.17, 15) is 9.59 Å². The van der Waals surface area contributed by atoms with E-state index in [1.54, 1.807) is 4.57 Å². The van der Waals surface area contributed by atoms with E-state index in [4.69, 9.17) is 0 Å². The maximum absolute atomic E-state index is 12.6. The van der Waals surface area contributed by atoms with E-state index in [0.29, 0.717) is 36.3 Å². The molecule has 1 amide bonds. The van der Waals surface area contributed by atoms with Gasteiger partial charge in [-0.2, -0.15) is 0 Å². The Morgan fingerprint density at radius 2 is 1.93 bits per heavy atom. The van der Waals surface area contributed by atoms with Gasteiger partial charge in [0.1, 0.15) is 10.5 Å². The van der Waals surface area contributed by atoms with Crippen LogP contribution in [0.15, 0.2) is 40.5 Å². The van der Waals surface area contributed by atoms with Gasteiger partial charge in [-0.05, 0) is 48.9 Å². The fourth-order valence-electron chi connectivity index (χ4n) is 3.48. The highest BCUT2D eigenvalue weighted by molar-refractivity contribution is 7.17. The van der Waals surface area contributed by atoms with Gasteiger partial charge in [0.15, 0.2) is 0 Å². The standard InChI is InChI=1S/C21H23N5O2S/c1-3-14-8-10-15(11-9-14)22-18(27)7-5-6-17-23-24-21-25(4-2)20(28)19-16(26(17)21)12-13-29-19/h8-13H,3-7H2,1-2H3,(H,22,27). The van der Waals surface area contributed by atoms with Gasteiger partial charge < -0.3 is 5.32 Å². The molecular formula is C21H23N5O2S. The Bertz CT molecular complexity index is 1220. The van der Waals surface area contributed by atoms with Crippen molar-refractivity contribution in [3.8, 4) is 0 Å². The van der Waals surface area contributed by atoms with Crippen LogP contribution in [0.25, 0.3) is 16.0 Å². The maximum Gasteiger partial charge on any atom is 0.272 e. The average Bonchev–Trinajstić information content (AvgIpc) is 3.36. The molecule has 29 heavy (non-hydrogen) atoms. The number of aryl methyl sites for hydroxylation is 3. The number of carbonyl (C=O) groups is 1. The molecule has 0 saturated heterocycles. The molecule has 0 saturated carbocycles. The number of rotatable bonds is 7. The summed E-state index contributed by atoms with van der Waals surface area (Å²) in [4.78, 5) is 24.9. The Hall–Kier alpha value is -3.00.